The summed E-state index contributed by atoms with van der Waals surface area (Å²) >= 11 is 3.56. The highest BCUT2D eigenvalue weighted by Gasteiger charge is 2.22. The van der Waals surface area contributed by atoms with Crippen molar-refractivity contribution in [2.24, 2.45) is 11.8 Å². The Labute approximate surface area is 137 Å². The lowest BCUT2D eigenvalue weighted by Gasteiger charge is -2.33. The van der Waals surface area contributed by atoms with Gasteiger partial charge in [-0.05, 0) is 60.1 Å². The number of nitrogens with zero attached hydrogens (tertiary/aromatic N) is 2. The van der Waals surface area contributed by atoms with Crippen molar-refractivity contribution >= 4 is 21.7 Å². The van der Waals surface area contributed by atoms with Crippen molar-refractivity contribution in [3.05, 3.63) is 22.3 Å². The van der Waals surface area contributed by atoms with Crippen molar-refractivity contribution in [3.63, 3.8) is 0 Å². The van der Waals surface area contributed by atoms with E-state index in [9.17, 15) is 0 Å². The standard InChI is InChI=1S/C17H28BrN3/c1-4-21(12-14-6-5-7-14)17-15(8-16(18)11-20-17)10-19-9-13(2)3/h8,11,13-14,19H,4-7,9-10,12H2,1-3H3. The van der Waals surface area contributed by atoms with Gasteiger partial charge in [0.05, 0.1) is 0 Å². The molecule has 0 unspecified atom stereocenters. The molecule has 0 aliphatic heterocycles. The maximum absolute atomic E-state index is 4.70. The van der Waals surface area contributed by atoms with Gasteiger partial charge < -0.3 is 10.2 Å². The maximum atomic E-state index is 4.70. The largest absolute Gasteiger partial charge is 0.356 e. The predicted octanol–water partition coefficient (Wildman–Crippen LogP) is 4.22. The number of rotatable bonds is 8. The Kier molecular flexibility index (Phi) is 6.49. The molecule has 21 heavy (non-hydrogen) atoms. The summed E-state index contributed by atoms with van der Waals surface area (Å²) in [6, 6.07) is 2.21. The van der Waals surface area contributed by atoms with Crippen LogP contribution in [0.3, 0.4) is 0 Å². The fourth-order valence-electron chi connectivity index (χ4n) is 2.74. The predicted molar refractivity (Wildman–Crippen MR) is 93.7 cm³/mol. The van der Waals surface area contributed by atoms with Gasteiger partial charge in [-0.15, -0.1) is 0 Å². The van der Waals surface area contributed by atoms with Gasteiger partial charge in [-0.2, -0.15) is 0 Å². The van der Waals surface area contributed by atoms with E-state index in [4.69, 9.17) is 4.98 Å². The second-order valence-corrected chi connectivity index (χ2v) is 7.41. The fraction of sp³-hybridized carbons (Fsp3) is 0.706. The van der Waals surface area contributed by atoms with Gasteiger partial charge in [0.25, 0.3) is 0 Å². The van der Waals surface area contributed by atoms with Crippen LogP contribution in [0.15, 0.2) is 16.7 Å². The lowest BCUT2D eigenvalue weighted by atomic mass is 9.85. The van der Waals surface area contributed by atoms with Crippen LogP contribution >= 0.6 is 15.9 Å². The molecule has 0 aromatic carbocycles. The minimum atomic E-state index is 0.672. The molecule has 0 bridgehead atoms. The lowest BCUT2D eigenvalue weighted by Crippen LogP contribution is -2.34. The van der Waals surface area contributed by atoms with E-state index in [-0.39, 0.29) is 0 Å². The van der Waals surface area contributed by atoms with Crippen molar-refractivity contribution in [1.82, 2.24) is 10.3 Å². The molecule has 1 aromatic heterocycles. The summed E-state index contributed by atoms with van der Waals surface area (Å²) in [6.07, 6.45) is 6.09. The van der Waals surface area contributed by atoms with E-state index in [0.717, 1.165) is 42.4 Å². The topological polar surface area (TPSA) is 28.2 Å². The third-order valence-corrected chi connectivity index (χ3v) is 4.60. The van der Waals surface area contributed by atoms with Crippen LogP contribution in [0.25, 0.3) is 0 Å². The molecule has 1 aliphatic rings. The zero-order valence-electron chi connectivity index (χ0n) is 13.5. The van der Waals surface area contributed by atoms with Gasteiger partial charge in [0, 0.05) is 35.9 Å². The molecule has 1 heterocycles. The Morgan fingerprint density at radius 2 is 2.19 bits per heavy atom. The molecule has 0 spiro atoms. The Hall–Kier alpha value is -0.610. The summed E-state index contributed by atoms with van der Waals surface area (Å²) in [5.41, 5.74) is 1.30. The van der Waals surface area contributed by atoms with E-state index < -0.39 is 0 Å². The number of hydrogen-bond acceptors (Lipinski definition) is 3. The van der Waals surface area contributed by atoms with Crippen molar-refractivity contribution in [2.45, 2.75) is 46.6 Å². The molecule has 1 N–H and O–H groups in total. The van der Waals surface area contributed by atoms with Crippen molar-refractivity contribution in [1.29, 1.82) is 0 Å². The molecule has 2 rings (SSSR count). The normalized spacial score (nSPS) is 15.3. The molecule has 1 fully saturated rings. The van der Waals surface area contributed by atoms with Crippen LogP contribution in [0.1, 0.15) is 45.6 Å². The number of hydrogen-bond donors (Lipinski definition) is 1. The summed E-state index contributed by atoms with van der Waals surface area (Å²) in [5, 5.41) is 3.54. The van der Waals surface area contributed by atoms with E-state index in [1.54, 1.807) is 0 Å². The zero-order valence-corrected chi connectivity index (χ0v) is 15.1. The van der Waals surface area contributed by atoms with Gasteiger partial charge in [-0.3, -0.25) is 0 Å². The van der Waals surface area contributed by atoms with Crippen LogP contribution in [-0.2, 0) is 6.54 Å². The van der Waals surface area contributed by atoms with Gasteiger partial charge in [0.1, 0.15) is 5.82 Å². The smallest absolute Gasteiger partial charge is 0.133 e. The molecule has 0 amide bonds. The minimum absolute atomic E-state index is 0.672. The molecule has 0 saturated heterocycles. The first-order chi connectivity index (χ1) is 10.1. The zero-order chi connectivity index (χ0) is 15.2. The lowest BCUT2D eigenvalue weighted by molar-refractivity contribution is 0.318. The van der Waals surface area contributed by atoms with Crippen LogP contribution in [0.4, 0.5) is 5.82 Å². The van der Waals surface area contributed by atoms with Crippen molar-refractivity contribution in [3.8, 4) is 0 Å². The highest BCUT2D eigenvalue weighted by Crippen LogP contribution is 2.30. The van der Waals surface area contributed by atoms with Crippen LogP contribution in [0, 0.1) is 11.8 Å². The molecule has 1 aliphatic carbocycles. The van der Waals surface area contributed by atoms with Crippen molar-refractivity contribution < 1.29 is 0 Å². The molecular weight excluding hydrogens is 326 g/mol. The quantitative estimate of drug-likeness (QED) is 0.758. The number of pyridine rings is 1. The molecular formula is C17H28BrN3. The third kappa shape index (κ3) is 4.96. The summed E-state index contributed by atoms with van der Waals surface area (Å²) in [5.74, 6) is 2.70. The molecule has 1 saturated carbocycles. The fourth-order valence-corrected chi connectivity index (χ4v) is 3.12. The number of anilines is 1. The van der Waals surface area contributed by atoms with E-state index in [1.165, 1.54) is 24.8 Å². The van der Waals surface area contributed by atoms with E-state index in [2.05, 4.69) is 53.0 Å². The van der Waals surface area contributed by atoms with Gasteiger partial charge in [-0.25, -0.2) is 4.98 Å². The van der Waals surface area contributed by atoms with Gasteiger partial charge in [0.2, 0.25) is 0 Å². The van der Waals surface area contributed by atoms with Crippen LogP contribution in [-0.4, -0.2) is 24.6 Å². The van der Waals surface area contributed by atoms with Crippen molar-refractivity contribution in [2.75, 3.05) is 24.5 Å². The molecule has 1 aromatic rings. The molecule has 118 valence electrons. The Balaban J connectivity index is 2.07. The molecule has 4 heteroatoms. The highest BCUT2D eigenvalue weighted by molar-refractivity contribution is 9.10. The van der Waals surface area contributed by atoms with Crippen LogP contribution < -0.4 is 10.2 Å². The average molecular weight is 354 g/mol. The van der Waals surface area contributed by atoms with E-state index in [0.29, 0.717) is 5.92 Å². The first-order valence-corrected chi connectivity index (χ1v) is 8.99. The Bertz CT molecular complexity index is 444. The Morgan fingerprint density at radius 3 is 2.76 bits per heavy atom. The summed E-state index contributed by atoms with van der Waals surface area (Å²) in [7, 11) is 0. The third-order valence-electron chi connectivity index (χ3n) is 4.16. The molecule has 0 radical (unpaired) electrons. The van der Waals surface area contributed by atoms with Gasteiger partial charge in [0.15, 0.2) is 0 Å². The average Bonchev–Trinajstić information content (AvgIpc) is 2.39. The molecule has 0 atom stereocenters. The monoisotopic (exact) mass is 353 g/mol. The second kappa shape index (κ2) is 8.14. The second-order valence-electron chi connectivity index (χ2n) is 6.50. The van der Waals surface area contributed by atoms with E-state index in [1.807, 2.05) is 6.20 Å². The Morgan fingerprint density at radius 1 is 1.43 bits per heavy atom. The summed E-state index contributed by atoms with van der Waals surface area (Å²) in [4.78, 5) is 7.14. The molecule has 3 nitrogen and oxygen atoms in total. The maximum Gasteiger partial charge on any atom is 0.133 e. The van der Waals surface area contributed by atoms with Crippen LogP contribution in [0.2, 0.25) is 0 Å². The first-order valence-electron chi connectivity index (χ1n) is 8.20. The summed E-state index contributed by atoms with van der Waals surface area (Å²) < 4.78 is 1.06. The SMILES string of the molecule is CCN(CC1CCC1)c1ncc(Br)cc1CNCC(C)C. The van der Waals surface area contributed by atoms with Gasteiger partial charge in [-0.1, -0.05) is 20.3 Å². The van der Waals surface area contributed by atoms with Gasteiger partial charge >= 0.3 is 0 Å². The number of aromatic nitrogens is 1. The summed E-state index contributed by atoms with van der Waals surface area (Å²) in [6.45, 7) is 10.8. The highest BCUT2D eigenvalue weighted by atomic mass is 79.9. The van der Waals surface area contributed by atoms with Crippen LogP contribution in [0.5, 0.6) is 0 Å². The number of nitrogens with one attached hydrogen (secondary N) is 1. The van der Waals surface area contributed by atoms with E-state index >= 15 is 0 Å². The first kappa shape index (κ1) is 16.8. The minimum Gasteiger partial charge on any atom is -0.356 e. The number of halogens is 1.